The van der Waals surface area contributed by atoms with Gasteiger partial charge in [-0.3, -0.25) is 9.59 Å². The molecular weight excluding hydrogens is 352 g/mol. The van der Waals surface area contributed by atoms with Crippen molar-refractivity contribution >= 4 is 23.4 Å². The fourth-order valence-corrected chi connectivity index (χ4v) is 3.76. The summed E-state index contributed by atoms with van der Waals surface area (Å²) in [6.07, 6.45) is 3.70. The van der Waals surface area contributed by atoms with Crippen LogP contribution in [0, 0.1) is 11.8 Å². The third-order valence-corrected chi connectivity index (χ3v) is 5.72. The minimum absolute atomic E-state index is 0.0181. The summed E-state index contributed by atoms with van der Waals surface area (Å²) in [5.41, 5.74) is 0. The highest BCUT2D eigenvalue weighted by Gasteiger charge is 2.31. The molecule has 5 nitrogen and oxygen atoms in total. The molecule has 6 heteroatoms. The zero-order valence-corrected chi connectivity index (χ0v) is 16.1. The Balaban J connectivity index is 1.42. The monoisotopic (exact) mass is 378 g/mol. The van der Waals surface area contributed by atoms with Gasteiger partial charge in [0.05, 0.1) is 0 Å². The average molecular weight is 379 g/mol. The van der Waals surface area contributed by atoms with Crippen LogP contribution in [0.5, 0.6) is 5.75 Å². The number of carbonyl (C=O) groups excluding carboxylic acids is 2. The van der Waals surface area contributed by atoms with Crippen molar-refractivity contribution in [2.75, 3.05) is 32.8 Å². The van der Waals surface area contributed by atoms with Crippen molar-refractivity contribution in [2.45, 2.75) is 32.6 Å². The highest BCUT2D eigenvalue weighted by atomic mass is 35.5. The van der Waals surface area contributed by atoms with Gasteiger partial charge in [-0.05, 0) is 55.9 Å². The molecular formula is C20H27ClN2O3. The zero-order chi connectivity index (χ0) is 18.5. The lowest BCUT2D eigenvalue weighted by Gasteiger charge is -2.36. The van der Waals surface area contributed by atoms with Gasteiger partial charge < -0.3 is 14.5 Å². The van der Waals surface area contributed by atoms with Crippen molar-refractivity contribution in [1.29, 1.82) is 0 Å². The van der Waals surface area contributed by atoms with E-state index in [1.165, 1.54) is 0 Å². The van der Waals surface area contributed by atoms with E-state index in [1.807, 2.05) is 4.90 Å². The van der Waals surface area contributed by atoms with Crippen LogP contribution in [0.25, 0.3) is 0 Å². The second kappa shape index (κ2) is 8.76. The molecule has 2 aliphatic heterocycles. The van der Waals surface area contributed by atoms with Gasteiger partial charge in [0.2, 0.25) is 5.91 Å². The number of piperidine rings is 2. The second-order valence-corrected chi connectivity index (χ2v) is 7.84. The predicted molar refractivity (Wildman–Crippen MR) is 101 cm³/mol. The molecule has 1 aromatic rings. The molecule has 0 spiro atoms. The van der Waals surface area contributed by atoms with Gasteiger partial charge in [0.25, 0.3) is 5.91 Å². The molecule has 26 heavy (non-hydrogen) atoms. The molecule has 142 valence electrons. The molecule has 3 rings (SSSR count). The minimum Gasteiger partial charge on any atom is -0.484 e. The van der Waals surface area contributed by atoms with Crippen LogP contribution in [-0.4, -0.2) is 54.4 Å². The van der Waals surface area contributed by atoms with Gasteiger partial charge in [-0.15, -0.1) is 0 Å². The molecule has 0 atom stereocenters. The first-order chi connectivity index (χ1) is 12.5. The Kier molecular flexibility index (Phi) is 6.41. The van der Waals surface area contributed by atoms with E-state index >= 15 is 0 Å². The molecule has 2 saturated heterocycles. The van der Waals surface area contributed by atoms with Crippen molar-refractivity contribution in [2.24, 2.45) is 11.8 Å². The summed E-state index contributed by atoms with van der Waals surface area (Å²) < 4.78 is 5.53. The fraction of sp³-hybridized carbons (Fsp3) is 0.600. The molecule has 0 radical (unpaired) electrons. The quantitative estimate of drug-likeness (QED) is 0.808. The summed E-state index contributed by atoms with van der Waals surface area (Å²) in [4.78, 5) is 28.8. The number of nitrogens with zero attached hydrogens (tertiary/aromatic N) is 2. The number of amides is 2. The first-order valence-corrected chi connectivity index (χ1v) is 9.85. The summed E-state index contributed by atoms with van der Waals surface area (Å²) in [7, 11) is 0. The van der Waals surface area contributed by atoms with Crippen LogP contribution in [0.2, 0.25) is 5.02 Å². The number of carbonyl (C=O) groups is 2. The molecule has 0 aliphatic carbocycles. The summed E-state index contributed by atoms with van der Waals surface area (Å²) >= 11 is 5.84. The average Bonchev–Trinajstić information content (AvgIpc) is 2.67. The number of ether oxygens (including phenoxy) is 1. The lowest BCUT2D eigenvalue weighted by Crippen LogP contribution is -2.47. The normalized spacial score (nSPS) is 19.5. The standard InChI is InChI=1S/C20H27ClN2O3/c1-15-6-10-23(11-7-15)20(25)16-8-12-22(13-9-16)19(24)14-26-18-4-2-17(21)3-5-18/h2-5,15-16H,6-14H2,1H3. The third kappa shape index (κ3) is 4.91. The van der Waals surface area contributed by atoms with Crippen LogP contribution in [0.1, 0.15) is 32.6 Å². The van der Waals surface area contributed by atoms with Crippen molar-refractivity contribution < 1.29 is 14.3 Å². The lowest BCUT2D eigenvalue weighted by atomic mass is 9.92. The van der Waals surface area contributed by atoms with Crippen molar-refractivity contribution in [1.82, 2.24) is 9.80 Å². The number of halogens is 1. The van der Waals surface area contributed by atoms with Crippen LogP contribution >= 0.6 is 11.6 Å². The van der Waals surface area contributed by atoms with Crippen LogP contribution in [0.4, 0.5) is 0 Å². The Morgan fingerprint density at radius 2 is 1.58 bits per heavy atom. The molecule has 1 aromatic carbocycles. The number of hydrogen-bond acceptors (Lipinski definition) is 3. The van der Waals surface area contributed by atoms with E-state index in [-0.39, 0.29) is 24.3 Å². The van der Waals surface area contributed by atoms with E-state index in [2.05, 4.69) is 6.92 Å². The topological polar surface area (TPSA) is 49.9 Å². The van der Waals surface area contributed by atoms with Crippen molar-refractivity contribution in [3.8, 4) is 5.75 Å². The Bertz CT molecular complexity index is 618. The van der Waals surface area contributed by atoms with Gasteiger partial charge in [0.15, 0.2) is 6.61 Å². The Labute approximate surface area is 160 Å². The van der Waals surface area contributed by atoms with Crippen LogP contribution < -0.4 is 4.74 Å². The van der Waals surface area contributed by atoms with Crippen LogP contribution in [0.3, 0.4) is 0 Å². The van der Waals surface area contributed by atoms with E-state index in [0.717, 1.165) is 44.7 Å². The molecule has 2 aliphatic rings. The van der Waals surface area contributed by atoms with E-state index in [1.54, 1.807) is 29.2 Å². The van der Waals surface area contributed by atoms with Crippen molar-refractivity contribution in [3.05, 3.63) is 29.3 Å². The lowest BCUT2D eigenvalue weighted by molar-refractivity contribution is -0.142. The third-order valence-electron chi connectivity index (χ3n) is 5.47. The molecule has 0 N–H and O–H groups in total. The first kappa shape index (κ1) is 19.0. The summed E-state index contributed by atoms with van der Waals surface area (Å²) in [6.45, 7) is 5.29. The maximum Gasteiger partial charge on any atom is 0.260 e. The smallest absolute Gasteiger partial charge is 0.260 e. The maximum atomic E-state index is 12.7. The second-order valence-electron chi connectivity index (χ2n) is 7.41. The van der Waals surface area contributed by atoms with Gasteiger partial charge in [-0.2, -0.15) is 0 Å². The van der Waals surface area contributed by atoms with Gasteiger partial charge in [-0.1, -0.05) is 18.5 Å². The Morgan fingerprint density at radius 1 is 1.00 bits per heavy atom. The molecule has 0 bridgehead atoms. The number of likely N-dealkylation sites (tertiary alicyclic amines) is 2. The largest absolute Gasteiger partial charge is 0.484 e. The van der Waals surface area contributed by atoms with Gasteiger partial charge in [0, 0.05) is 37.1 Å². The van der Waals surface area contributed by atoms with E-state index in [4.69, 9.17) is 16.3 Å². The number of hydrogen-bond donors (Lipinski definition) is 0. The molecule has 0 unspecified atom stereocenters. The number of rotatable bonds is 4. The highest BCUT2D eigenvalue weighted by Crippen LogP contribution is 2.24. The predicted octanol–water partition coefficient (Wildman–Crippen LogP) is 3.22. The van der Waals surface area contributed by atoms with E-state index < -0.39 is 0 Å². The number of benzene rings is 1. The highest BCUT2D eigenvalue weighted by molar-refractivity contribution is 6.30. The van der Waals surface area contributed by atoms with Crippen LogP contribution in [-0.2, 0) is 9.59 Å². The summed E-state index contributed by atoms with van der Waals surface area (Å²) in [5.74, 6) is 1.66. The SMILES string of the molecule is CC1CCN(C(=O)C2CCN(C(=O)COc3ccc(Cl)cc3)CC2)CC1. The zero-order valence-electron chi connectivity index (χ0n) is 15.3. The Morgan fingerprint density at radius 3 is 2.19 bits per heavy atom. The molecule has 0 aromatic heterocycles. The Hall–Kier alpha value is -1.75. The maximum absolute atomic E-state index is 12.7. The van der Waals surface area contributed by atoms with Crippen molar-refractivity contribution in [3.63, 3.8) is 0 Å². The summed E-state index contributed by atoms with van der Waals surface area (Å²) in [5, 5.41) is 0.638. The van der Waals surface area contributed by atoms with Gasteiger partial charge in [0.1, 0.15) is 5.75 Å². The minimum atomic E-state index is -0.0300. The fourth-order valence-electron chi connectivity index (χ4n) is 3.63. The van der Waals surface area contributed by atoms with E-state index in [9.17, 15) is 9.59 Å². The molecule has 2 heterocycles. The molecule has 2 amide bonds. The molecule has 0 saturated carbocycles. The van der Waals surface area contributed by atoms with Crippen LogP contribution in [0.15, 0.2) is 24.3 Å². The van der Waals surface area contributed by atoms with Gasteiger partial charge in [-0.25, -0.2) is 0 Å². The summed E-state index contributed by atoms with van der Waals surface area (Å²) in [6, 6.07) is 6.97. The first-order valence-electron chi connectivity index (χ1n) is 9.48. The van der Waals surface area contributed by atoms with E-state index in [0.29, 0.717) is 23.9 Å². The van der Waals surface area contributed by atoms with Gasteiger partial charge >= 0.3 is 0 Å². The molecule has 2 fully saturated rings.